The van der Waals surface area contributed by atoms with E-state index in [1.807, 2.05) is 0 Å². The highest BCUT2D eigenvalue weighted by molar-refractivity contribution is 6.30. The summed E-state index contributed by atoms with van der Waals surface area (Å²) >= 11 is 5.90. The molecule has 0 saturated heterocycles. The molecule has 1 aromatic heterocycles. The Morgan fingerprint density at radius 2 is 1.74 bits per heavy atom. The van der Waals surface area contributed by atoms with Crippen LogP contribution in [0.15, 0.2) is 66.7 Å². The molecule has 5 aromatic rings. The average Bonchev–Trinajstić information content (AvgIpc) is 3.49. The Morgan fingerprint density at radius 1 is 0.977 bits per heavy atom. The fourth-order valence-electron chi connectivity index (χ4n) is 5.32. The largest absolute Gasteiger partial charge is 0.444 e. The van der Waals surface area contributed by atoms with Crippen LogP contribution in [-0.4, -0.2) is 33.5 Å². The molecule has 7 nitrogen and oxygen atoms in total. The van der Waals surface area contributed by atoms with E-state index in [0.717, 1.165) is 6.07 Å². The number of ether oxygens (including phenoxy) is 3. The molecule has 0 amide bonds. The van der Waals surface area contributed by atoms with Crippen molar-refractivity contribution in [3.05, 3.63) is 112 Å². The van der Waals surface area contributed by atoms with Crippen LogP contribution in [-0.2, 0) is 23.5 Å². The molecule has 0 radical (unpaired) electrons. The molecule has 0 aliphatic carbocycles. The molecule has 43 heavy (non-hydrogen) atoms. The molecule has 0 spiro atoms. The van der Waals surface area contributed by atoms with Crippen molar-refractivity contribution in [2.45, 2.75) is 32.0 Å². The van der Waals surface area contributed by atoms with Gasteiger partial charge in [-0.05, 0) is 54.1 Å². The molecular formula is C32H26ClF3N2O5. The van der Waals surface area contributed by atoms with Gasteiger partial charge >= 0.3 is 0 Å². The molecule has 6 rings (SSSR count). The predicted molar refractivity (Wildman–Crippen MR) is 153 cm³/mol. The van der Waals surface area contributed by atoms with Crippen LogP contribution in [0.2, 0.25) is 5.02 Å². The molecule has 1 atom stereocenters. The normalized spacial score (nSPS) is 16.0. The van der Waals surface area contributed by atoms with Crippen LogP contribution in [0.5, 0.6) is 11.5 Å². The number of methoxy groups -OCH3 is 1. The van der Waals surface area contributed by atoms with E-state index in [1.54, 1.807) is 41.8 Å². The first kappa shape index (κ1) is 29.0. The number of aromatic nitrogens is 2. The van der Waals surface area contributed by atoms with Gasteiger partial charge in [-0.15, -0.1) is 0 Å². The quantitative estimate of drug-likeness (QED) is 0.192. The second-order valence-corrected chi connectivity index (χ2v) is 10.7. The zero-order chi connectivity index (χ0) is 30.5. The van der Waals surface area contributed by atoms with Gasteiger partial charge in [0.25, 0.3) is 5.79 Å². The highest BCUT2D eigenvalue weighted by Crippen LogP contribution is 2.50. The first-order chi connectivity index (χ1) is 20.6. The minimum Gasteiger partial charge on any atom is -0.444 e. The summed E-state index contributed by atoms with van der Waals surface area (Å²) in [6, 6.07) is 16.2. The summed E-state index contributed by atoms with van der Waals surface area (Å²) in [6.07, 6.45) is -1.86. The van der Waals surface area contributed by atoms with E-state index in [0.29, 0.717) is 41.3 Å². The lowest BCUT2D eigenvalue weighted by Gasteiger charge is -2.24. The molecule has 222 valence electrons. The zero-order valence-corrected chi connectivity index (χ0v) is 23.8. The average molecular weight is 611 g/mol. The number of fused-ring (bicyclic) bond motifs is 2. The summed E-state index contributed by atoms with van der Waals surface area (Å²) in [7, 11) is 1.53. The van der Waals surface area contributed by atoms with Gasteiger partial charge < -0.3 is 29.0 Å². The standard InChI is InChI=1S/C32H26ClF3N2O5/c1-32(22-8-7-19(33)15-25(22)36)42-28-5-3-4-20(30(28)43-32)18-12-23(34)21(24(35)13-18)16-29-37-26-9-6-17(31(39)40)14-27(26)38(29)10-11-41-2/h3-9,12-15,31,39-40H,10-11,16H2,1-2H3/t32-/m0/s1. The Bertz CT molecular complexity index is 1840. The van der Waals surface area contributed by atoms with E-state index in [9.17, 15) is 14.6 Å². The molecule has 2 N–H and O–H groups in total. The van der Waals surface area contributed by atoms with E-state index in [2.05, 4.69) is 4.98 Å². The molecule has 0 bridgehead atoms. The number of nitrogens with zero attached hydrogens (tertiary/aromatic N) is 2. The fraction of sp³-hybridized carbons (Fsp3) is 0.219. The smallest absolute Gasteiger partial charge is 0.278 e. The number of rotatable bonds is 8. The first-order valence-corrected chi connectivity index (χ1v) is 13.7. The number of aliphatic hydroxyl groups excluding tert-OH is 1. The van der Waals surface area contributed by atoms with Crippen LogP contribution >= 0.6 is 11.6 Å². The van der Waals surface area contributed by atoms with Crippen LogP contribution in [0, 0.1) is 17.5 Å². The van der Waals surface area contributed by atoms with Gasteiger partial charge in [0.1, 0.15) is 23.3 Å². The van der Waals surface area contributed by atoms with Crippen LogP contribution in [0.3, 0.4) is 0 Å². The van der Waals surface area contributed by atoms with Crippen molar-refractivity contribution < 1.29 is 37.6 Å². The van der Waals surface area contributed by atoms with Crippen molar-refractivity contribution >= 4 is 22.6 Å². The predicted octanol–water partition coefficient (Wildman–Crippen LogP) is 6.64. The van der Waals surface area contributed by atoms with Gasteiger partial charge in [0.2, 0.25) is 0 Å². The first-order valence-electron chi connectivity index (χ1n) is 13.4. The third kappa shape index (κ3) is 5.31. The van der Waals surface area contributed by atoms with E-state index >= 15 is 8.78 Å². The number of hydrogen-bond acceptors (Lipinski definition) is 6. The summed E-state index contributed by atoms with van der Waals surface area (Å²) in [6.45, 7) is 2.18. The van der Waals surface area contributed by atoms with Crippen molar-refractivity contribution in [1.82, 2.24) is 9.55 Å². The van der Waals surface area contributed by atoms with Crippen LogP contribution in [0.4, 0.5) is 13.2 Å². The topological polar surface area (TPSA) is 86.0 Å². The van der Waals surface area contributed by atoms with E-state index in [1.165, 1.54) is 37.4 Å². The molecule has 4 aromatic carbocycles. The van der Waals surface area contributed by atoms with Gasteiger partial charge in [-0.2, -0.15) is 0 Å². The molecule has 0 saturated carbocycles. The lowest BCUT2D eigenvalue weighted by atomic mass is 10.00. The maximum atomic E-state index is 15.6. The number of imidazole rings is 1. The van der Waals surface area contributed by atoms with Gasteiger partial charge in [0.05, 0.1) is 23.2 Å². The van der Waals surface area contributed by atoms with Crippen LogP contribution in [0.1, 0.15) is 35.7 Å². The second-order valence-electron chi connectivity index (χ2n) is 10.3. The van der Waals surface area contributed by atoms with Crippen LogP contribution < -0.4 is 9.47 Å². The molecule has 1 aliphatic rings. The lowest BCUT2D eigenvalue weighted by Crippen LogP contribution is -2.32. The molecule has 0 unspecified atom stereocenters. The summed E-state index contributed by atoms with van der Waals surface area (Å²) in [5.74, 6) is -2.86. The Labute approximate surface area is 249 Å². The molecule has 2 heterocycles. The van der Waals surface area contributed by atoms with E-state index in [-0.39, 0.29) is 39.4 Å². The van der Waals surface area contributed by atoms with E-state index in [4.69, 9.17) is 25.8 Å². The third-order valence-corrected chi connectivity index (χ3v) is 7.69. The third-order valence-electron chi connectivity index (χ3n) is 7.46. The number of benzene rings is 4. The Hall–Kier alpha value is -4.09. The molecule has 0 fully saturated rings. The monoisotopic (exact) mass is 610 g/mol. The van der Waals surface area contributed by atoms with E-state index < -0.39 is 29.5 Å². The van der Waals surface area contributed by atoms with Gasteiger partial charge in [0.15, 0.2) is 17.8 Å². The number of halogens is 4. The van der Waals surface area contributed by atoms with Gasteiger partial charge in [0, 0.05) is 48.7 Å². The summed E-state index contributed by atoms with van der Waals surface area (Å²) in [5.41, 5.74) is 1.85. The van der Waals surface area contributed by atoms with Crippen molar-refractivity contribution in [3.63, 3.8) is 0 Å². The number of aliphatic hydroxyl groups is 2. The van der Waals surface area contributed by atoms with Crippen molar-refractivity contribution in [2.24, 2.45) is 0 Å². The lowest BCUT2D eigenvalue weighted by molar-refractivity contribution is -0.0705. The Kier molecular flexibility index (Phi) is 7.55. The van der Waals surface area contributed by atoms with Crippen molar-refractivity contribution in [2.75, 3.05) is 13.7 Å². The number of para-hydroxylation sites is 1. The molecule has 11 heteroatoms. The van der Waals surface area contributed by atoms with Crippen molar-refractivity contribution in [1.29, 1.82) is 0 Å². The highest BCUT2D eigenvalue weighted by Gasteiger charge is 2.42. The van der Waals surface area contributed by atoms with Crippen molar-refractivity contribution in [3.8, 4) is 22.6 Å². The maximum absolute atomic E-state index is 15.6. The Balaban J connectivity index is 1.35. The van der Waals surface area contributed by atoms with Gasteiger partial charge in [-0.1, -0.05) is 29.8 Å². The molecule has 1 aliphatic heterocycles. The summed E-state index contributed by atoms with van der Waals surface area (Å²) in [4.78, 5) is 4.56. The fourth-order valence-corrected chi connectivity index (χ4v) is 5.48. The zero-order valence-electron chi connectivity index (χ0n) is 23.1. The summed E-state index contributed by atoms with van der Waals surface area (Å²) < 4.78 is 65.1. The number of hydrogen-bond donors (Lipinski definition) is 2. The van der Waals surface area contributed by atoms with Crippen LogP contribution in [0.25, 0.3) is 22.2 Å². The Morgan fingerprint density at radius 3 is 2.44 bits per heavy atom. The summed E-state index contributed by atoms with van der Waals surface area (Å²) in [5, 5.41) is 19.4. The van der Waals surface area contributed by atoms with Gasteiger partial charge in [-0.3, -0.25) is 0 Å². The SMILES string of the molecule is COCCn1c(Cc2c(F)cc(-c3cccc4c3O[C@@](C)(c3ccc(Cl)cc3F)O4)cc2F)nc2ccc(C(O)O)cc21. The second kappa shape index (κ2) is 11.2. The van der Waals surface area contributed by atoms with Gasteiger partial charge in [-0.25, -0.2) is 18.2 Å². The minimum absolute atomic E-state index is 0.115. The molecular weight excluding hydrogens is 585 g/mol. The minimum atomic E-state index is -1.68. The maximum Gasteiger partial charge on any atom is 0.278 e. The highest BCUT2D eigenvalue weighted by atomic mass is 35.5.